The van der Waals surface area contributed by atoms with Crippen molar-refractivity contribution < 1.29 is 9.53 Å². The van der Waals surface area contributed by atoms with E-state index in [0.29, 0.717) is 36.2 Å². The quantitative estimate of drug-likeness (QED) is 0.771. The molecular formula is C20H21Cl2NO2. The van der Waals surface area contributed by atoms with Crippen LogP contribution in [-0.2, 0) is 16.0 Å². The minimum atomic E-state index is -0.137. The molecule has 132 valence electrons. The van der Waals surface area contributed by atoms with Crippen molar-refractivity contribution >= 4 is 29.1 Å². The summed E-state index contributed by atoms with van der Waals surface area (Å²) in [5, 5.41) is 1.00. The lowest BCUT2D eigenvalue weighted by Gasteiger charge is -2.36. The molecule has 1 atom stereocenters. The van der Waals surface area contributed by atoms with Crippen LogP contribution in [0.5, 0.6) is 0 Å². The molecule has 1 saturated heterocycles. The molecule has 0 saturated carbocycles. The van der Waals surface area contributed by atoms with E-state index in [1.165, 1.54) is 11.1 Å². The number of benzene rings is 2. The van der Waals surface area contributed by atoms with Crippen molar-refractivity contribution in [1.29, 1.82) is 0 Å². The largest absolute Gasteiger partial charge is 0.377 e. The van der Waals surface area contributed by atoms with Crippen LogP contribution in [0.1, 0.15) is 28.3 Å². The molecule has 3 nitrogen and oxygen atoms in total. The minimum Gasteiger partial charge on any atom is -0.377 e. The van der Waals surface area contributed by atoms with E-state index < -0.39 is 0 Å². The molecule has 25 heavy (non-hydrogen) atoms. The van der Waals surface area contributed by atoms with Gasteiger partial charge in [0.25, 0.3) is 0 Å². The fourth-order valence-electron chi connectivity index (χ4n) is 3.35. The van der Waals surface area contributed by atoms with Crippen LogP contribution >= 0.6 is 23.2 Å². The normalized spacial score (nSPS) is 17.6. The summed E-state index contributed by atoms with van der Waals surface area (Å²) < 4.78 is 5.61. The average Bonchev–Trinajstić information content (AvgIpc) is 2.56. The zero-order valence-corrected chi connectivity index (χ0v) is 15.9. The lowest BCUT2D eigenvalue weighted by atomic mass is 10.0. The lowest BCUT2D eigenvalue weighted by molar-refractivity contribution is -0.139. The van der Waals surface area contributed by atoms with Crippen molar-refractivity contribution in [3.05, 3.63) is 68.7 Å². The van der Waals surface area contributed by atoms with E-state index >= 15 is 0 Å². The van der Waals surface area contributed by atoms with Crippen LogP contribution in [0.15, 0.2) is 36.4 Å². The van der Waals surface area contributed by atoms with Crippen LogP contribution in [-0.4, -0.2) is 30.6 Å². The highest BCUT2D eigenvalue weighted by Gasteiger charge is 2.29. The van der Waals surface area contributed by atoms with Gasteiger partial charge in [0, 0.05) is 6.54 Å². The summed E-state index contributed by atoms with van der Waals surface area (Å²) in [4.78, 5) is 14.8. The van der Waals surface area contributed by atoms with Crippen molar-refractivity contribution in [1.82, 2.24) is 4.90 Å². The van der Waals surface area contributed by atoms with Crippen molar-refractivity contribution in [2.45, 2.75) is 26.3 Å². The molecule has 1 unspecified atom stereocenters. The average molecular weight is 378 g/mol. The smallest absolute Gasteiger partial charge is 0.227 e. The van der Waals surface area contributed by atoms with Gasteiger partial charge in [-0.1, -0.05) is 58.6 Å². The maximum absolute atomic E-state index is 12.9. The number of rotatable bonds is 3. The molecule has 3 rings (SSSR count). The van der Waals surface area contributed by atoms with Crippen LogP contribution in [0.25, 0.3) is 0 Å². The molecule has 0 aliphatic carbocycles. The van der Waals surface area contributed by atoms with E-state index in [4.69, 9.17) is 27.9 Å². The Morgan fingerprint density at radius 1 is 1.12 bits per heavy atom. The van der Waals surface area contributed by atoms with Crippen LogP contribution in [0.3, 0.4) is 0 Å². The molecule has 2 aromatic carbocycles. The number of ether oxygens (including phenoxy) is 1. The van der Waals surface area contributed by atoms with Gasteiger partial charge >= 0.3 is 0 Å². The van der Waals surface area contributed by atoms with Crippen LogP contribution in [0.2, 0.25) is 10.0 Å². The van der Waals surface area contributed by atoms with E-state index in [-0.39, 0.29) is 11.9 Å². The molecule has 0 spiro atoms. The summed E-state index contributed by atoms with van der Waals surface area (Å²) in [5.74, 6) is 0.101. The van der Waals surface area contributed by atoms with Crippen LogP contribution in [0.4, 0.5) is 0 Å². The number of halogens is 2. The van der Waals surface area contributed by atoms with Crippen LogP contribution < -0.4 is 0 Å². The Bertz CT molecular complexity index is 771. The Morgan fingerprint density at radius 2 is 1.84 bits per heavy atom. The minimum absolute atomic E-state index is 0.101. The standard InChI is InChI=1S/C20H21Cl2NO2/c1-13-7-14(2)9-15(8-13)10-20(24)23-5-6-25-12-19(23)16-3-4-17(21)18(22)11-16/h3-4,7-9,11,19H,5-6,10,12H2,1-2H3. The van der Waals surface area contributed by atoms with E-state index in [1.807, 2.05) is 30.9 Å². The Morgan fingerprint density at radius 3 is 2.52 bits per heavy atom. The molecule has 5 heteroatoms. The molecule has 1 heterocycles. The fraction of sp³-hybridized carbons (Fsp3) is 0.350. The van der Waals surface area contributed by atoms with Crippen molar-refractivity contribution in [2.75, 3.05) is 19.8 Å². The van der Waals surface area contributed by atoms with Crippen molar-refractivity contribution in [3.8, 4) is 0 Å². The summed E-state index contributed by atoms with van der Waals surface area (Å²) in [6, 6.07) is 11.6. The second-order valence-corrected chi connectivity index (χ2v) is 7.34. The van der Waals surface area contributed by atoms with Gasteiger partial charge in [0.2, 0.25) is 5.91 Å². The molecule has 1 aliphatic heterocycles. The highest BCUT2D eigenvalue weighted by molar-refractivity contribution is 6.42. The number of hydrogen-bond donors (Lipinski definition) is 0. The molecule has 0 radical (unpaired) electrons. The third-order valence-electron chi connectivity index (χ3n) is 4.41. The maximum Gasteiger partial charge on any atom is 0.227 e. The zero-order valence-electron chi connectivity index (χ0n) is 14.4. The number of aryl methyl sites for hydroxylation is 2. The predicted molar refractivity (Wildman–Crippen MR) is 101 cm³/mol. The summed E-state index contributed by atoms with van der Waals surface area (Å²) >= 11 is 12.2. The monoisotopic (exact) mass is 377 g/mol. The molecule has 1 aliphatic rings. The molecule has 1 fully saturated rings. The van der Waals surface area contributed by atoms with Gasteiger partial charge in [0.15, 0.2) is 0 Å². The second-order valence-electron chi connectivity index (χ2n) is 6.52. The fourth-order valence-corrected chi connectivity index (χ4v) is 3.65. The van der Waals surface area contributed by atoms with Gasteiger partial charge in [0.05, 0.1) is 35.7 Å². The number of carbonyl (C=O) groups excluding carboxylic acids is 1. The van der Waals surface area contributed by atoms with Gasteiger partial charge in [-0.3, -0.25) is 4.79 Å². The summed E-state index contributed by atoms with van der Waals surface area (Å²) in [5.41, 5.74) is 4.33. The summed E-state index contributed by atoms with van der Waals surface area (Å²) in [7, 11) is 0. The molecule has 0 bridgehead atoms. The first-order valence-electron chi connectivity index (χ1n) is 8.33. The zero-order chi connectivity index (χ0) is 18.0. The SMILES string of the molecule is Cc1cc(C)cc(CC(=O)N2CCOCC2c2ccc(Cl)c(Cl)c2)c1. The third-order valence-corrected chi connectivity index (χ3v) is 5.15. The van der Waals surface area contributed by atoms with Gasteiger partial charge in [0.1, 0.15) is 0 Å². The molecular weight excluding hydrogens is 357 g/mol. The molecule has 2 aromatic rings. The number of hydrogen-bond acceptors (Lipinski definition) is 2. The first kappa shape index (κ1) is 18.2. The Hall–Kier alpha value is -1.55. The summed E-state index contributed by atoms with van der Waals surface area (Å²) in [6.07, 6.45) is 0.389. The van der Waals surface area contributed by atoms with E-state index in [1.54, 1.807) is 6.07 Å². The van der Waals surface area contributed by atoms with Gasteiger partial charge in [-0.2, -0.15) is 0 Å². The van der Waals surface area contributed by atoms with Gasteiger partial charge in [-0.15, -0.1) is 0 Å². The third kappa shape index (κ3) is 4.35. The van der Waals surface area contributed by atoms with E-state index in [2.05, 4.69) is 18.2 Å². The van der Waals surface area contributed by atoms with Gasteiger partial charge < -0.3 is 9.64 Å². The number of carbonyl (C=O) groups is 1. The number of amides is 1. The van der Waals surface area contributed by atoms with E-state index in [0.717, 1.165) is 11.1 Å². The maximum atomic E-state index is 12.9. The Balaban J connectivity index is 1.82. The van der Waals surface area contributed by atoms with Crippen molar-refractivity contribution in [2.24, 2.45) is 0 Å². The first-order valence-corrected chi connectivity index (χ1v) is 9.09. The molecule has 0 N–H and O–H groups in total. The molecule has 0 aromatic heterocycles. The predicted octanol–water partition coefficient (Wildman–Crippen LogP) is 4.75. The highest BCUT2D eigenvalue weighted by atomic mass is 35.5. The lowest BCUT2D eigenvalue weighted by Crippen LogP contribution is -2.44. The van der Waals surface area contributed by atoms with E-state index in [9.17, 15) is 4.79 Å². The second kappa shape index (κ2) is 7.77. The number of nitrogens with zero attached hydrogens (tertiary/aromatic N) is 1. The van der Waals surface area contributed by atoms with Crippen molar-refractivity contribution in [3.63, 3.8) is 0 Å². The first-order chi connectivity index (χ1) is 11.9. The summed E-state index contributed by atoms with van der Waals surface area (Å²) in [6.45, 7) is 5.70. The topological polar surface area (TPSA) is 29.5 Å². The highest BCUT2D eigenvalue weighted by Crippen LogP contribution is 2.30. The van der Waals surface area contributed by atoms with Gasteiger partial charge in [-0.05, 0) is 37.1 Å². The van der Waals surface area contributed by atoms with Gasteiger partial charge in [-0.25, -0.2) is 0 Å². The Kier molecular flexibility index (Phi) is 5.67. The Labute approximate surface area is 158 Å². The number of morpholine rings is 1. The molecule has 1 amide bonds. The van der Waals surface area contributed by atoms with Crippen LogP contribution in [0, 0.1) is 13.8 Å².